The van der Waals surface area contributed by atoms with E-state index in [0.29, 0.717) is 41.2 Å². The number of nitrogens with zero attached hydrogens (tertiary/aromatic N) is 3. The summed E-state index contributed by atoms with van der Waals surface area (Å²) in [6.07, 6.45) is 4.71. The third-order valence-electron chi connectivity index (χ3n) is 5.54. The van der Waals surface area contributed by atoms with Gasteiger partial charge >= 0.3 is 0 Å². The zero-order valence-corrected chi connectivity index (χ0v) is 20.3. The van der Waals surface area contributed by atoms with Crippen LogP contribution in [0.25, 0.3) is 11.0 Å². The van der Waals surface area contributed by atoms with Gasteiger partial charge in [-0.1, -0.05) is 34.7 Å². The molecule has 0 radical (unpaired) electrons. The SMILES string of the molecule is C=CCOc1ccc(C2c3c(oc4ccc(Br)cc4c3=O)C(=O)N2c2ncccn2)cc1OCC. The number of hydrogen-bond donors (Lipinski definition) is 0. The second-order valence-corrected chi connectivity index (χ2v) is 8.60. The van der Waals surface area contributed by atoms with Crippen LogP contribution >= 0.6 is 15.9 Å². The van der Waals surface area contributed by atoms with Crippen LogP contribution in [0, 0.1) is 0 Å². The molecule has 0 saturated heterocycles. The van der Waals surface area contributed by atoms with Crippen molar-refractivity contribution < 1.29 is 18.7 Å². The van der Waals surface area contributed by atoms with Gasteiger partial charge in [0.15, 0.2) is 16.9 Å². The van der Waals surface area contributed by atoms with Crippen molar-refractivity contribution in [3.63, 3.8) is 0 Å². The molecule has 4 aromatic rings. The fraction of sp³-hybridized carbons (Fsp3) is 0.154. The maximum absolute atomic E-state index is 13.7. The van der Waals surface area contributed by atoms with Crippen LogP contribution < -0.4 is 19.8 Å². The summed E-state index contributed by atoms with van der Waals surface area (Å²) in [5, 5.41) is 0.364. The van der Waals surface area contributed by atoms with Gasteiger partial charge in [0.1, 0.15) is 12.2 Å². The van der Waals surface area contributed by atoms with Crippen molar-refractivity contribution >= 4 is 38.8 Å². The maximum atomic E-state index is 13.7. The van der Waals surface area contributed by atoms with E-state index in [1.165, 1.54) is 17.3 Å². The highest BCUT2D eigenvalue weighted by atomic mass is 79.9. The van der Waals surface area contributed by atoms with E-state index < -0.39 is 11.9 Å². The molecule has 0 bridgehead atoms. The number of carbonyl (C=O) groups excluding carboxylic acids is 1. The number of anilines is 1. The quantitative estimate of drug-likeness (QED) is 0.306. The molecule has 0 N–H and O–H groups in total. The zero-order valence-electron chi connectivity index (χ0n) is 18.7. The molecule has 0 fully saturated rings. The monoisotopic (exact) mass is 533 g/mol. The predicted octanol–water partition coefficient (Wildman–Crippen LogP) is 5.06. The number of rotatable bonds is 7. The molecule has 5 rings (SSSR count). The first-order valence-electron chi connectivity index (χ1n) is 10.9. The topological polar surface area (TPSA) is 94.8 Å². The van der Waals surface area contributed by atoms with Crippen LogP contribution in [0.4, 0.5) is 5.95 Å². The first-order chi connectivity index (χ1) is 17.0. The Labute approximate surface area is 209 Å². The highest BCUT2D eigenvalue weighted by Gasteiger charge is 2.45. The number of fused-ring (bicyclic) bond motifs is 2. The van der Waals surface area contributed by atoms with Gasteiger partial charge in [0.25, 0.3) is 5.91 Å². The van der Waals surface area contributed by atoms with Gasteiger partial charge in [0.2, 0.25) is 11.7 Å². The van der Waals surface area contributed by atoms with E-state index in [2.05, 4.69) is 32.5 Å². The smallest absolute Gasteiger partial charge is 0.297 e. The van der Waals surface area contributed by atoms with Gasteiger partial charge < -0.3 is 13.9 Å². The summed E-state index contributed by atoms with van der Waals surface area (Å²) in [7, 11) is 0. The summed E-state index contributed by atoms with van der Waals surface area (Å²) in [6, 6.07) is 11.2. The van der Waals surface area contributed by atoms with E-state index in [1.54, 1.807) is 48.5 Å². The third kappa shape index (κ3) is 3.97. The number of benzene rings is 2. The molecule has 1 aliphatic rings. The Balaban J connectivity index is 1.75. The van der Waals surface area contributed by atoms with Crippen LogP contribution in [0.15, 0.2) is 81.2 Å². The molecule has 1 amide bonds. The molecule has 35 heavy (non-hydrogen) atoms. The average molecular weight is 534 g/mol. The van der Waals surface area contributed by atoms with Gasteiger partial charge in [-0.2, -0.15) is 0 Å². The summed E-state index contributed by atoms with van der Waals surface area (Å²) < 4.78 is 18.2. The third-order valence-corrected chi connectivity index (χ3v) is 6.03. The molecule has 3 heterocycles. The summed E-state index contributed by atoms with van der Waals surface area (Å²) in [5.74, 6) is 0.630. The Bertz CT molecular complexity index is 1500. The molecular weight excluding hydrogens is 514 g/mol. The van der Waals surface area contributed by atoms with Crippen molar-refractivity contribution in [1.82, 2.24) is 9.97 Å². The summed E-state index contributed by atoms with van der Waals surface area (Å²) in [6.45, 7) is 6.25. The average Bonchev–Trinajstić information content (AvgIpc) is 3.17. The van der Waals surface area contributed by atoms with E-state index >= 15 is 0 Å². The normalized spacial score (nSPS) is 14.7. The zero-order chi connectivity index (χ0) is 24.5. The maximum Gasteiger partial charge on any atom is 0.297 e. The molecule has 1 aliphatic heterocycles. The van der Waals surface area contributed by atoms with Crippen LogP contribution in [0.3, 0.4) is 0 Å². The van der Waals surface area contributed by atoms with Gasteiger partial charge in [0, 0.05) is 16.9 Å². The molecule has 2 aromatic heterocycles. The lowest BCUT2D eigenvalue weighted by Crippen LogP contribution is -2.31. The predicted molar refractivity (Wildman–Crippen MR) is 134 cm³/mol. The number of ether oxygens (including phenoxy) is 2. The second-order valence-electron chi connectivity index (χ2n) is 7.68. The van der Waals surface area contributed by atoms with Crippen LogP contribution in [0.1, 0.15) is 34.6 Å². The molecule has 176 valence electrons. The Hall–Kier alpha value is -3.98. The molecular formula is C26H20BrN3O5. The molecule has 1 unspecified atom stereocenters. The molecule has 9 heteroatoms. The Morgan fingerprint density at radius 2 is 1.91 bits per heavy atom. The number of carbonyl (C=O) groups is 1. The highest BCUT2D eigenvalue weighted by Crippen LogP contribution is 2.42. The van der Waals surface area contributed by atoms with Gasteiger partial charge in [-0.15, -0.1) is 0 Å². The van der Waals surface area contributed by atoms with Crippen molar-refractivity contribution in [3.05, 3.63) is 99.1 Å². The second kappa shape index (κ2) is 9.34. The van der Waals surface area contributed by atoms with Gasteiger partial charge in [-0.25, -0.2) is 9.97 Å². The molecule has 0 saturated carbocycles. The standard InChI is InChI=1S/C26H20BrN3O5/c1-3-12-34-19-8-6-15(13-20(19)33-4-2)22-21-23(31)17-14-16(27)7-9-18(17)35-24(21)25(32)30(22)26-28-10-5-11-29-26/h3,5-11,13-14,22H,1,4,12H2,2H3. The van der Waals surface area contributed by atoms with Crippen molar-refractivity contribution in [2.24, 2.45) is 0 Å². The van der Waals surface area contributed by atoms with Crippen molar-refractivity contribution in [1.29, 1.82) is 0 Å². The van der Waals surface area contributed by atoms with Gasteiger partial charge in [-0.3, -0.25) is 14.5 Å². The number of halogens is 1. The lowest BCUT2D eigenvalue weighted by atomic mass is 9.98. The summed E-state index contributed by atoms with van der Waals surface area (Å²) in [4.78, 5) is 37.3. The highest BCUT2D eigenvalue weighted by molar-refractivity contribution is 9.10. The molecule has 0 spiro atoms. The van der Waals surface area contributed by atoms with Crippen molar-refractivity contribution in [3.8, 4) is 11.5 Å². The number of amides is 1. The van der Waals surface area contributed by atoms with E-state index in [0.717, 1.165) is 4.47 Å². The van der Waals surface area contributed by atoms with Gasteiger partial charge in [0.05, 0.1) is 23.6 Å². The van der Waals surface area contributed by atoms with E-state index in [9.17, 15) is 9.59 Å². The minimum atomic E-state index is -0.827. The lowest BCUT2D eigenvalue weighted by Gasteiger charge is -2.24. The Morgan fingerprint density at radius 3 is 2.66 bits per heavy atom. The molecule has 8 nitrogen and oxygen atoms in total. The lowest BCUT2D eigenvalue weighted by molar-refractivity contribution is 0.0969. The molecule has 2 aromatic carbocycles. The molecule has 1 atom stereocenters. The molecule has 0 aliphatic carbocycles. The van der Waals surface area contributed by atoms with Crippen LogP contribution in [-0.4, -0.2) is 29.1 Å². The van der Waals surface area contributed by atoms with Crippen LogP contribution in [-0.2, 0) is 0 Å². The summed E-state index contributed by atoms with van der Waals surface area (Å²) >= 11 is 3.41. The fourth-order valence-electron chi connectivity index (χ4n) is 4.11. The van der Waals surface area contributed by atoms with Gasteiger partial charge in [-0.05, 0) is 48.9 Å². The van der Waals surface area contributed by atoms with E-state index in [4.69, 9.17) is 13.9 Å². The largest absolute Gasteiger partial charge is 0.490 e. The van der Waals surface area contributed by atoms with Crippen LogP contribution in [0.5, 0.6) is 11.5 Å². The minimum Gasteiger partial charge on any atom is -0.490 e. The van der Waals surface area contributed by atoms with Crippen molar-refractivity contribution in [2.45, 2.75) is 13.0 Å². The fourth-order valence-corrected chi connectivity index (χ4v) is 4.47. The van der Waals surface area contributed by atoms with Crippen molar-refractivity contribution in [2.75, 3.05) is 18.1 Å². The minimum absolute atomic E-state index is 0.0350. The number of aromatic nitrogens is 2. The Kier molecular flexibility index (Phi) is 6.08. The van der Waals surface area contributed by atoms with Crippen LogP contribution in [0.2, 0.25) is 0 Å². The first-order valence-corrected chi connectivity index (χ1v) is 11.7. The first kappa shape index (κ1) is 22.8. The Morgan fingerprint density at radius 1 is 1.11 bits per heavy atom. The number of hydrogen-bond acceptors (Lipinski definition) is 7. The summed E-state index contributed by atoms with van der Waals surface area (Å²) in [5.41, 5.74) is 0.864. The van der Waals surface area contributed by atoms with E-state index in [-0.39, 0.29) is 22.7 Å². The van der Waals surface area contributed by atoms with E-state index in [1.807, 2.05) is 6.92 Å².